The van der Waals surface area contributed by atoms with Crippen LogP contribution < -0.4 is 10.5 Å². The van der Waals surface area contributed by atoms with E-state index in [9.17, 15) is 0 Å². The quantitative estimate of drug-likeness (QED) is 0.945. The SMILES string of the molecule is Cc1cc(OCc2ccc(Br)cc2)nc(N)n1. The number of nitrogen functional groups attached to an aromatic ring is 1. The molecule has 88 valence electrons. The monoisotopic (exact) mass is 293 g/mol. The van der Waals surface area contributed by atoms with Crippen molar-refractivity contribution in [2.75, 3.05) is 5.73 Å². The molecule has 0 saturated carbocycles. The molecule has 1 heterocycles. The molecule has 0 aliphatic rings. The lowest BCUT2D eigenvalue weighted by molar-refractivity contribution is 0.293. The van der Waals surface area contributed by atoms with Crippen LogP contribution in [0.5, 0.6) is 5.88 Å². The van der Waals surface area contributed by atoms with Crippen LogP contribution in [0.2, 0.25) is 0 Å². The maximum absolute atomic E-state index is 5.55. The van der Waals surface area contributed by atoms with Gasteiger partial charge in [0.15, 0.2) is 0 Å². The van der Waals surface area contributed by atoms with E-state index in [2.05, 4.69) is 25.9 Å². The number of hydrogen-bond donors (Lipinski definition) is 1. The summed E-state index contributed by atoms with van der Waals surface area (Å²) < 4.78 is 6.59. The molecule has 0 unspecified atom stereocenters. The normalized spacial score (nSPS) is 10.2. The van der Waals surface area contributed by atoms with Crippen LogP contribution in [0.15, 0.2) is 34.8 Å². The third kappa shape index (κ3) is 3.42. The minimum Gasteiger partial charge on any atom is -0.473 e. The second kappa shape index (κ2) is 5.14. The number of aryl methyl sites for hydroxylation is 1. The Morgan fingerprint density at radius 1 is 1.24 bits per heavy atom. The first-order valence-corrected chi connectivity index (χ1v) is 5.91. The second-order valence-corrected chi connectivity index (χ2v) is 4.54. The maximum Gasteiger partial charge on any atom is 0.223 e. The van der Waals surface area contributed by atoms with Gasteiger partial charge in [-0.25, -0.2) is 4.98 Å². The molecule has 2 aromatic rings. The van der Waals surface area contributed by atoms with Gasteiger partial charge in [0, 0.05) is 16.2 Å². The summed E-state index contributed by atoms with van der Waals surface area (Å²) in [6.07, 6.45) is 0. The number of nitrogens with zero attached hydrogens (tertiary/aromatic N) is 2. The summed E-state index contributed by atoms with van der Waals surface area (Å²) in [5, 5.41) is 0. The van der Waals surface area contributed by atoms with E-state index >= 15 is 0 Å². The Morgan fingerprint density at radius 2 is 1.94 bits per heavy atom. The zero-order valence-electron chi connectivity index (χ0n) is 9.35. The van der Waals surface area contributed by atoms with E-state index in [4.69, 9.17) is 10.5 Å². The first kappa shape index (κ1) is 11.9. The predicted molar refractivity (Wildman–Crippen MR) is 69.7 cm³/mol. The van der Waals surface area contributed by atoms with Gasteiger partial charge in [-0.2, -0.15) is 4.98 Å². The first-order chi connectivity index (χ1) is 8.13. The summed E-state index contributed by atoms with van der Waals surface area (Å²) in [6, 6.07) is 9.68. The van der Waals surface area contributed by atoms with Crippen molar-refractivity contribution in [3.8, 4) is 5.88 Å². The lowest BCUT2D eigenvalue weighted by Gasteiger charge is -2.06. The van der Waals surface area contributed by atoms with E-state index in [1.807, 2.05) is 31.2 Å². The van der Waals surface area contributed by atoms with Gasteiger partial charge in [-0.15, -0.1) is 0 Å². The maximum atomic E-state index is 5.55. The smallest absolute Gasteiger partial charge is 0.223 e. The first-order valence-electron chi connectivity index (χ1n) is 5.12. The van der Waals surface area contributed by atoms with Crippen molar-refractivity contribution >= 4 is 21.9 Å². The summed E-state index contributed by atoms with van der Waals surface area (Å²) >= 11 is 3.38. The minimum absolute atomic E-state index is 0.232. The standard InChI is InChI=1S/C12H12BrN3O/c1-8-6-11(16-12(14)15-8)17-7-9-2-4-10(13)5-3-9/h2-6H,7H2,1H3,(H2,14,15,16). The molecule has 0 atom stereocenters. The molecule has 0 aliphatic carbocycles. The highest BCUT2D eigenvalue weighted by molar-refractivity contribution is 9.10. The van der Waals surface area contributed by atoms with Crippen LogP contribution in [0.25, 0.3) is 0 Å². The second-order valence-electron chi connectivity index (χ2n) is 3.62. The summed E-state index contributed by atoms with van der Waals surface area (Å²) in [4.78, 5) is 7.98. The van der Waals surface area contributed by atoms with Gasteiger partial charge in [0.2, 0.25) is 11.8 Å². The molecule has 0 amide bonds. The molecule has 0 aliphatic heterocycles. The van der Waals surface area contributed by atoms with E-state index < -0.39 is 0 Å². The molecular formula is C12H12BrN3O. The van der Waals surface area contributed by atoms with Crippen LogP contribution in [0.1, 0.15) is 11.3 Å². The number of hydrogen-bond acceptors (Lipinski definition) is 4. The third-order valence-corrected chi connectivity index (χ3v) is 2.68. The number of halogens is 1. The topological polar surface area (TPSA) is 61.0 Å². The molecule has 17 heavy (non-hydrogen) atoms. The van der Waals surface area contributed by atoms with E-state index in [0.717, 1.165) is 15.7 Å². The summed E-state index contributed by atoms with van der Waals surface area (Å²) in [5.74, 6) is 0.730. The Morgan fingerprint density at radius 3 is 2.59 bits per heavy atom. The van der Waals surface area contributed by atoms with Crippen molar-refractivity contribution < 1.29 is 4.74 Å². The van der Waals surface area contributed by atoms with Crippen molar-refractivity contribution in [2.45, 2.75) is 13.5 Å². The molecule has 0 radical (unpaired) electrons. The predicted octanol–water partition coefficient (Wildman–Crippen LogP) is 2.71. The number of nitrogens with two attached hydrogens (primary N) is 1. The average molecular weight is 294 g/mol. The number of benzene rings is 1. The van der Waals surface area contributed by atoms with Gasteiger partial charge in [-0.05, 0) is 24.6 Å². The number of anilines is 1. The fourth-order valence-corrected chi connectivity index (χ4v) is 1.64. The van der Waals surface area contributed by atoms with Crippen LogP contribution in [0, 0.1) is 6.92 Å². The summed E-state index contributed by atoms with van der Waals surface area (Å²) in [5.41, 5.74) is 7.41. The highest BCUT2D eigenvalue weighted by atomic mass is 79.9. The Labute approximate surface area is 108 Å². The van der Waals surface area contributed by atoms with E-state index in [1.54, 1.807) is 6.07 Å². The highest BCUT2D eigenvalue weighted by Crippen LogP contribution is 2.14. The van der Waals surface area contributed by atoms with Crippen LogP contribution in [0.4, 0.5) is 5.95 Å². The van der Waals surface area contributed by atoms with E-state index in [1.165, 1.54) is 0 Å². The van der Waals surface area contributed by atoms with Crippen molar-refractivity contribution in [1.29, 1.82) is 0 Å². The molecule has 1 aromatic carbocycles. The Bertz CT molecular complexity index is 493. The van der Waals surface area contributed by atoms with Gasteiger partial charge < -0.3 is 10.5 Å². The van der Waals surface area contributed by atoms with Crippen LogP contribution >= 0.6 is 15.9 Å². The number of ether oxygens (including phenoxy) is 1. The molecule has 2 rings (SSSR count). The van der Waals surface area contributed by atoms with Gasteiger partial charge in [-0.3, -0.25) is 0 Å². The molecule has 5 heteroatoms. The van der Waals surface area contributed by atoms with Crippen molar-refractivity contribution in [3.05, 3.63) is 46.1 Å². The molecule has 4 nitrogen and oxygen atoms in total. The summed E-state index contributed by atoms with van der Waals surface area (Å²) in [7, 11) is 0. The van der Waals surface area contributed by atoms with Gasteiger partial charge in [-0.1, -0.05) is 28.1 Å². The average Bonchev–Trinajstić information content (AvgIpc) is 2.27. The van der Waals surface area contributed by atoms with Gasteiger partial charge in [0.25, 0.3) is 0 Å². The molecule has 0 fully saturated rings. The van der Waals surface area contributed by atoms with E-state index in [0.29, 0.717) is 12.5 Å². The van der Waals surface area contributed by atoms with Gasteiger partial charge in [0.1, 0.15) is 6.61 Å². The van der Waals surface area contributed by atoms with E-state index in [-0.39, 0.29) is 5.95 Å². The Balaban J connectivity index is 2.04. The van der Waals surface area contributed by atoms with Crippen LogP contribution in [0.3, 0.4) is 0 Å². The lowest BCUT2D eigenvalue weighted by atomic mass is 10.2. The molecular weight excluding hydrogens is 282 g/mol. The van der Waals surface area contributed by atoms with Crippen LogP contribution in [-0.2, 0) is 6.61 Å². The molecule has 1 aromatic heterocycles. The lowest BCUT2D eigenvalue weighted by Crippen LogP contribution is -2.02. The van der Waals surface area contributed by atoms with Crippen molar-refractivity contribution in [3.63, 3.8) is 0 Å². The van der Waals surface area contributed by atoms with Crippen molar-refractivity contribution in [2.24, 2.45) is 0 Å². The largest absolute Gasteiger partial charge is 0.473 e. The number of rotatable bonds is 3. The third-order valence-electron chi connectivity index (χ3n) is 2.15. The summed E-state index contributed by atoms with van der Waals surface area (Å²) in [6.45, 7) is 2.31. The fourth-order valence-electron chi connectivity index (χ4n) is 1.37. The molecule has 0 spiro atoms. The zero-order chi connectivity index (χ0) is 12.3. The van der Waals surface area contributed by atoms with Gasteiger partial charge >= 0.3 is 0 Å². The Kier molecular flexibility index (Phi) is 3.58. The Hall–Kier alpha value is -1.62. The molecule has 2 N–H and O–H groups in total. The highest BCUT2D eigenvalue weighted by Gasteiger charge is 2.01. The van der Waals surface area contributed by atoms with Gasteiger partial charge in [0.05, 0.1) is 0 Å². The van der Waals surface area contributed by atoms with Crippen molar-refractivity contribution in [1.82, 2.24) is 9.97 Å². The molecule has 0 saturated heterocycles. The zero-order valence-corrected chi connectivity index (χ0v) is 10.9. The van der Waals surface area contributed by atoms with Crippen LogP contribution in [-0.4, -0.2) is 9.97 Å². The minimum atomic E-state index is 0.232. The number of aromatic nitrogens is 2. The molecule has 0 bridgehead atoms. The fraction of sp³-hybridized carbons (Fsp3) is 0.167.